The molecule has 0 aromatic heterocycles. The highest BCUT2D eigenvalue weighted by atomic mass is 16.5. The Bertz CT molecular complexity index is 375. The molecule has 7 nitrogen and oxygen atoms in total. The average molecular weight is 286 g/mol. The lowest BCUT2D eigenvalue weighted by atomic mass is 9.78. The van der Waals surface area contributed by atoms with Crippen molar-refractivity contribution in [1.82, 2.24) is 10.2 Å². The summed E-state index contributed by atoms with van der Waals surface area (Å²) in [7, 11) is 1.55. The van der Waals surface area contributed by atoms with Crippen LogP contribution in [0.4, 0.5) is 0 Å². The van der Waals surface area contributed by atoms with E-state index in [9.17, 15) is 19.8 Å². The van der Waals surface area contributed by atoms with Crippen LogP contribution >= 0.6 is 0 Å². The van der Waals surface area contributed by atoms with Crippen LogP contribution in [0.3, 0.4) is 0 Å². The molecule has 2 heterocycles. The minimum atomic E-state index is -1.06. The molecule has 3 N–H and O–H groups in total. The molecule has 2 saturated heterocycles. The summed E-state index contributed by atoms with van der Waals surface area (Å²) in [5, 5.41) is 22.1. The van der Waals surface area contributed by atoms with Gasteiger partial charge in [-0.3, -0.25) is 4.79 Å². The number of piperidine rings is 1. The maximum atomic E-state index is 12.8. The summed E-state index contributed by atoms with van der Waals surface area (Å²) >= 11 is 0. The number of amides is 1. The molecule has 0 saturated carbocycles. The highest BCUT2D eigenvalue weighted by molar-refractivity contribution is 5.88. The molecule has 0 bridgehead atoms. The monoisotopic (exact) mass is 286 g/mol. The molecule has 0 aromatic rings. The zero-order chi connectivity index (χ0) is 14.8. The van der Waals surface area contributed by atoms with E-state index in [4.69, 9.17) is 4.74 Å². The van der Waals surface area contributed by atoms with E-state index in [0.717, 1.165) is 0 Å². The first-order chi connectivity index (χ1) is 9.50. The van der Waals surface area contributed by atoms with Crippen LogP contribution in [0.25, 0.3) is 0 Å². The predicted molar refractivity (Wildman–Crippen MR) is 70.2 cm³/mol. The van der Waals surface area contributed by atoms with E-state index >= 15 is 0 Å². The molecule has 2 aliphatic rings. The zero-order valence-electron chi connectivity index (χ0n) is 11.7. The van der Waals surface area contributed by atoms with Crippen LogP contribution in [0.15, 0.2) is 0 Å². The first kappa shape index (κ1) is 15.2. The maximum Gasteiger partial charge on any atom is 0.326 e. The van der Waals surface area contributed by atoms with Crippen molar-refractivity contribution in [3.05, 3.63) is 0 Å². The van der Waals surface area contributed by atoms with Crippen LogP contribution in [-0.4, -0.2) is 72.5 Å². The second kappa shape index (κ2) is 6.07. The van der Waals surface area contributed by atoms with E-state index in [1.54, 1.807) is 7.11 Å². The normalized spacial score (nSPS) is 29.4. The van der Waals surface area contributed by atoms with Crippen LogP contribution in [0.1, 0.15) is 19.3 Å². The number of aliphatic hydroxyl groups is 1. The van der Waals surface area contributed by atoms with Gasteiger partial charge in [-0.25, -0.2) is 4.79 Å². The number of carbonyl (C=O) groups excluding carboxylic acids is 1. The highest BCUT2D eigenvalue weighted by Gasteiger charge is 2.48. The maximum absolute atomic E-state index is 12.8. The third-order valence-electron chi connectivity index (χ3n) is 4.26. The summed E-state index contributed by atoms with van der Waals surface area (Å²) < 4.78 is 5.20. The van der Waals surface area contributed by atoms with E-state index in [0.29, 0.717) is 25.9 Å². The number of carboxylic acid groups (broad SMARTS) is 1. The van der Waals surface area contributed by atoms with Gasteiger partial charge in [0.1, 0.15) is 6.04 Å². The molecule has 0 radical (unpaired) electrons. The Balaban J connectivity index is 2.20. The van der Waals surface area contributed by atoms with Crippen molar-refractivity contribution in [2.24, 2.45) is 5.41 Å². The van der Waals surface area contributed by atoms with E-state index in [-0.39, 0.29) is 25.5 Å². The molecule has 2 aliphatic heterocycles. The molecule has 2 fully saturated rings. The van der Waals surface area contributed by atoms with Crippen LogP contribution in [0.2, 0.25) is 0 Å². The van der Waals surface area contributed by atoms with Gasteiger partial charge in [-0.15, -0.1) is 0 Å². The van der Waals surface area contributed by atoms with Crippen LogP contribution in [0, 0.1) is 5.41 Å². The molecule has 7 heteroatoms. The number of aliphatic carboxylic acids is 1. The molecule has 2 atom stereocenters. The first-order valence-corrected chi connectivity index (χ1v) is 6.92. The lowest BCUT2D eigenvalue weighted by molar-refractivity contribution is -0.156. The number of hydrogen-bond donors (Lipinski definition) is 3. The number of carboxylic acids is 1. The van der Waals surface area contributed by atoms with Crippen molar-refractivity contribution in [3.63, 3.8) is 0 Å². The van der Waals surface area contributed by atoms with Crippen molar-refractivity contribution in [2.45, 2.75) is 31.4 Å². The predicted octanol–water partition coefficient (Wildman–Crippen LogP) is -0.951. The second-order valence-corrected chi connectivity index (χ2v) is 5.66. The quantitative estimate of drug-likeness (QED) is 0.616. The molecule has 2 rings (SSSR count). The summed E-state index contributed by atoms with van der Waals surface area (Å²) in [6.45, 7) is 1.80. The number of methoxy groups -OCH3 is 1. The smallest absolute Gasteiger partial charge is 0.326 e. The zero-order valence-corrected chi connectivity index (χ0v) is 11.7. The summed E-state index contributed by atoms with van der Waals surface area (Å²) in [5.41, 5.74) is -0.669. The van der Waals surface area contributed by atoms with E-state index in [1.165, 1.54) is 4.90 Å². The van der Waals surface area contributed by atoms with Gasteiger partial charge in [-0.2, -0.15) is 0 Å². The van der Waals surface area contributed by atoms with Crippen molar-refractivity contribution >= 4 is 11.9 Å². The molecule has 0 spiro atoms. The molecule has 1 unspecified atom stereocenters. The van der Waals surface area contributed by atoms with Gasteiger partial charge in [0.25, 0.3) is 0 Å². The molecular formula is C13H22N2O5. The number of likely N-dealkylation sites (tertiary alicyclic amines) is 1. The number of hydrogen-bond acceptors (Lipinski definition) is 5. The molecule has 0 aromatic carbocycles. The van der Waals surface area contributed by atoms with Gasteiger partial charge < -0.3 is 25.2 Å². The van der Waals surface area contributed by atoms with Crippen molar-refractivity contribution in [3.8, 4) is 0 Å². The highest BCUT2D eigenvalue weighted by Crippen LogP contribution is 2.34. The molecule has 1 amide bonds. The lowest BCUT2D eigenvalue weighted by Gasteiger charge is -2.39. The number of nitrogens with zero attached hydrogens (tertiary/aromatic N) is 1. The molecule has 20 heavy (non-hydrogen) atoms. The van der Waals surface area contributed by atoms with Gasteiger partial charge in [-0.1, -0.05) is 0 Å². The van der Waals surface area contributed by atoms with E-state index in [1.807, 2.05) is 0 Å². The fourth-order valence-electron chi connectivity index (χ4n) is 3.18. The fraction of sp³-hybridized carbons (Fsp3) is 0.846. The Morgan fingerprint density at radius 2 is 2.05 bits per heavy atom. The van der Waals surface area contributed by atoms with Crippen LogP contribution in [-0.2, 0) is 14.3 Å². The number of ether oxygens (including phenoxy) is 1. The van der Waals surface area contributed by atoms with Crippen molar-refractivity contribution < 1.29 is 24.5 Å². The lowest BCUT2D eigenvalue weighted by Crippen LogP contribution is -2.54. The molecular weight excluding hydrogens is 264 g/mol. The molecule has 0 aliphatic carbocycles. The fourth-order valence-corrected chi connectivity index (χ4v) is 3.18. The standard InChI is InChI=1S/C13H22N2O5/c1-20-8-13(2-4-14-5-3-13)12(19)15-7-9(16)6-10(15)11(17)18/h9-10,14,16H,2-8H2,1H3,(H,17,18)/t9?,10-/m0/s1. The SMILES string of the molecule is COCC1(C(=O)N2CC(O)C[C@H]2C(=O)O)CCNCC1. The summed E-state index contributed by atoms with van der Waals surface area (Å²) in [6.07, 6.45) is 0.584. The van der Waals surface area contributed by atoms with Crippen LogP contribution < -0.4 is 5.32 Å². The first-order valence-electron chi connectivity index (χ1n) is 6.92. The minimum Gasteiger partial charge on any atom is -0.480 e. The van der Waals surface area contributed by atoms with Crippen molar-refractivity contribution in [1.29, 1.82) is 0 Å². The van der Waals surface area contributed by atoms with Crippen LogP contribution in [0.5, 0.6) is 0 Å². The van der Waals surface area contributed by atoms with Crippen molar-refractivity contribution in [2.75, 3.05) is 33.4 Å². The summed E-state index contributed by atoms with van der Waals surface area (Å²) in [6, 6.07) is -0.930. The van der Waals surface area contributed by atoms with Gasteiger partial charge in [-0.05, 0) is 25.9 Å². The second-order valence-electron chi connectivity index (χ2n) is 5.66. The number of β-amino-alcohol motifs (C(OH)–C–C–N with tert-alkyl or cyclic N) is 1. The largest absolute Gasteiger partial charge is 0.480 e. The summed E-state index contributed by atoms with van der Waals surface area (Å²) in [4.78, 5) is 25.4. The Morgan fingerprint density at radius 1 is 1.40 bits per heavy atom. The topological polar surface area (TPSA) is 99.1 Å². The van der Waals surface area contributed by atoms with Gasteiger partial charge in [0.15, 0.2) is 0 Å². The van der Waals surface area contributed by atoms with Gasteiger partial charge in [0, 0.05) is 20.1 Å². The molecule has 114 valence electrons. The Labute approximate surface area is 117 Å². The number of rotatable bonds is 4. The number of nitrogens with one attached hydrogen (secondary N) is 1. The average Bonchev–Trinajstić information content (AvgIpc) is 2.81. The Hall–Kier alpha value is -1.18. The minimum absolute atomic E-state index is 0.0920. The Morgan fingerprint density at radius 3 is 2.60 bits per heavy atom. The van der Waals surface area contributed by atoms with E-state index in [2.05, 4.69) is 5.32 Å². The number of carbonyl (C=O) groups is 2. The van der Waals surface area contributed by atoms with E-state index < -0.39 is 23.5 Å². The van der Waals surface area contributed by atoms with Gasteiger partial charge in [0.2, 0.25) is 5.91 Å². The van der Waals surface area contributed by atoms with Gasteiger partial charge in [0.05, 0.1) is 18.1 Å². The van der Waals surface area contributed by atoms with Gasteiger partial charge >= 0.3 is 5.97 Å². The summed E-state index contributed by atoms with van der Waals surface area (Å²) in [5.74, 6) is -1.26. The number of aliphatic hydroxyl groups excluding tert-OH is 1. The third kappa shape index (κ3) is 2.79. The third-order valence-corrected chi connectivity index (χ3v) is 4.26. The Kier molecular flexibility index (Phi) is 4.62.